The summed E-state index contributed by atoms with van der Waals surface area (Å²) in [5.41, 5.74) is 5.22. The maximum Gasteiger partial charge on any atom is 0.339 e. The molecular formula is C14H17FN2O4. The molecule has 0 aliphatic heterocycles. The number of primary amides is 1. The number of urea groups is 1. The Morgan fingerprint density at radius 2 is 1.90 bits per heavy atom. The van der Waals surface area contributed by atoms with E-state index in [0.717, 1.165) is 6.07 Å². The van der Waals surface area contributed by atoms with Crippen molar-refractivity contribution < 1.29 is 23.5 Å². The van der Waals surface area contributed by atoms with E-state index >= 15 is 0 Å². The maximum atomic E-state index is 13.4. The standard InChI is InChI=1S/C14H17FN2O4/c1-7(2)11(12(18)17-14(16)20)21-13(19)9-5-4-8(3)10(15)6-9/h4-7,11H,1-3H3,(H3,16,17,18,20)/t11-/m0/s1. The summed E-state index contributed by atoms with van der Waals surface area (Å²) in [6, 6.07) is 2.81. The van der Waals surface area contributed by atoms with Gasteiger partial charge in [0.05, 0.1) is 5.56 Å². The second kappa shape index (κ2) is 6.83. The minimum atomic E-state index is -1.20. The van der Waals surface area contributed by atoms with Crippen LogP contribution >= 0.6 is 0 Å². The molecule has 0 saturated carbocycles. The molecule has 0 radical (unpaired) electrons. The van der Waals surface area contributed by atoms with Crippen LogP contribution < -0.4 is 11.1 Å². The van der Waals surface area contributed by atoms with Crippen LogP contribution in [0, 0.1) is 18.7 Å². The minimum Gasteiger partial charge on any atom is -0.448 e. The van der Waals surface area contributed by atoms with Crippen LogP contribution in [0.5, 0.6) is 0 Å². The molecule has 0 heterocycles. The number of carbonyl (C=O) groups is 3. The quantitative estimate of drug-likeness (QED) is 0.823. The van der Waals surface area contributed by atoms with Crippen molar-refractivity contribution >= 4 is 17.9 Å². The lowest BCUT2D eigenvalue weighted by Crippen LogP contribution is -2.45. The zero-order chi connectivity index (χ0) is 16.2. The lowest BCUT2D eigenvalue weighted by atomic mass is 10.1. The topological polar surface area (TPSA) is 98.5 Å². The number of nitrogens with two attached hydrogens (primary N) is 1. The zero-order valence-corrected chi connectivity index (χ0v) is 12.0. The highest BCUT2D eigenvalue weighted by Gasteiger charge is 2.28. The van der Waals surface area contributed by atoms with Crippen molar-refractivity contribution in [2.75, 3.05) is 0 Å². The Morgan fingerprint density at radius 3 is 2.38 bits per heavy atom. The van der Waals surface area contributed by atoms with Crippen molar-refractivity contribution in [3.63, 3.8) is 0 Å². The number of amides is 3. The van der Waals surface area contributed by atoms with E-state index in [1.807, 2.05) is 5.32 Å². The molecule has 0 bridgehead atoms. The van der Waals surface area contributed by atoms with Gasteiger partial charge >= 0.3 is 12.0 Å². The van der Waals surface area contributed by atoms with Gasteiger partial charge in [0.1, 0.15) is 5.82 Å². The number of imide groups is 1. The van der Waals surface area contributed by atoms with Crippen molar-refractivity contribution in [1.29, 1.82) is 0 Å². The van der Waals surface area contributed by atoms with Crippen LogP contribution in [0.3, 0.4) is 0 Å². The number of rotatable bonds is 4. The maximum absolute atomic E-state index is 13.4. The minimum absolute atomic E-state index is 0.0179. The second-order valence-corrected chi connectivity index (χ2v) is 4.89. The van der Waals surface area contributed by atoms with Crippen molar-refractivity contribution in [3.8, 4) is 0 Å². The summed E-state index contributed by atoms with van der Waals surface area (Å²) in [6.45, 7) is 4.82. The summed E-state index contributed by atoms with van der Waals surface area (Å²) in [6.07, 6.45) is -1.20. The van der Waals surface area contributed by atoms with Gasteiger partial charge in [-0.1, -0.05) is 19.9 Å². The largest absolute Gasteiger partial charge is 0.448 e. The molecule has 1 aromatic rings. The Kier molecular flexibility index (Phi) is 5.40. The monoisotopic (exact) mass is 296 g/mol. The molecule has 1 aromatic carbocycles. The first-order valence-corrected chi connectivity index (χ1v) is 6.29. The zero-order valence-electron chi connectivity index (χ0n) is 12.0. The molecule has 0 spiro atoms. The lowest BCUT2D eigenvalue weighted by molar-refractivity contribution is -0.130. The predicted octanol–water partition coefficient (Wildman–Crippen LogP) is 1.51. The van der Waals surface area contributed by atoms with Gasteiger partial charge < -0.3 is 10.5 Å². The van der Waals surface area contributed by atoms with Crippen LogP contribution in [0.1, 0.15) is 29.8 Å². The molecule has 3 N–H and O–H groups in total. The van der Waals surface area contributed by atoms with Crippen molar-refractivity contribution in [2.24, 2.45) is 11.7 Å². The van der Waals surface area contributed by atoms with Crippen LogP contribution in [0.2, 0.25) is 0 Å². The number of nitrogens with one attached hydrogen (secondary N) is 1. The van der Waals surface area contributed by atoms with Crippen LogP contribution in [-0.2, 0) is 9.53 Å². The van der Waals surface area contributed by atoms with E-state index in [9.17, 15) is 18.8 Å². The van der Waals surface area contributed by atoms with Gasteiger partial charge in [-0.2, -0.15) is 0 Å². The molecule has 0 saturated heterocycles. The average molecular weight is 296 g/mol. The second-order valence-electron chi connectivity index (χ2n) is 4.89. The van der Waals surface area contributed by atoms with Crippen LogP contribution in [-0.4, -0.2) is 24.0 Å². The molecule has 0 fully saturated rings. The molecule has 114 valence electrons. The number of hydrogen-bond donors (Lipinski definition) is 2. The van der Waals surface area contributed by atoms with E-state index in [-0.39, 0.29) is 11.5 Å². The predicted molar refractivity (Wildman–Crippen MR) is 72.9 cm³/mol. The first-order valence-electron chi connectivity index (χ1n) is 6.29. The Morgan fingerprint density at radius 1 is 1.29 bits per heavy atom. The fourth-order valence-corrected chi connectivity index (χ4v) is 1.59. The normalized spacial score (nSPS) is 11.9. The Balaban J connectivity index is 2.88. The highest BCUT2D eigenvalue weighted by molar-refractivity contribution is 5.98. The van der Waals surface area contributed by atoms with Gasteiger partial charge in [0.2, 0.25) is 0 Å². The van der Waals surface area contributed by atoms with Gasteiger partial charge in [-0.3, -0.25) is 10.1 Å². The number of hydrogen-bond acceptors (Lipinski definition) is 4. The molecule has 7 heteroatoms. The SMILES string of the molecule is Cc1ccc(C(=O)O[C@H](C(=O)NC(N)=O)C(C)C)cc1F. The Labute approximate surface area is 121 Å². The first kappa shape index (κ1) is 16.6. The Bertz CT molecular complexity index is 572. The third kappa shape index (κ3) is 4.55. The van der Waals surface area contributed by atoms with Gasteiger partial charge in [-0.15, -0.1) is 0 Å². The number of benzene rings is 1. The van der Waals surface area contributed by atoms with E-state index in [0.29, 0.717) is 5.56 Å². The van der Waals surface area contributed by atoms with Gasteiger partial charge in [0.25, 0.3) is 5.91 Å². The fraction of sp³-hybridized carbons (Fsp3) is 0.357. The highest BCUT2D eigenvalue weighted by Crippen LogP contribution is 2.14. The summed E-state index contributed by atoms with van der Waals surface area (Å²) < 4.78 is 18.4. The molecule has 0 unspecified atom stereocenters. The summed E-state index contributed by atoms with van der Waals surface area (Å²) in [7, 11) is 0. The molecular weight excluding hydrogens is 279 g/mol. The molecule has 0 aliphatic carbocycles. The highest BCUT2D eigenvalue weighted by atomic mass is 19.1. The molecule has 3 amide bonds. The van der Waals surface area contributed by atoms with Crippen LogP contribution in [0.15, 0.2) is 18.2 Å². The summed E-state index contributed by atoms with van der Waals surface area (Å²) in [5.74, 6) is -2.61. The molecule has 0 aliphatic rings. The molecule has 1 atom stereocenters. The molecule has 21 heavy (non-hydrogen) atoms. The van der Waals surface area contributed by atoms with E-state index in [1.54, 1.807) is 20.8 Å². The average Bonchev–Trinajstić information content (AvgIpc) is 2.37. The Hall–Kier alpha value is -2.44. The van der Waals surface area contributed by atoms with Crippen molar-refractivity contribution in [2.45, 2.75) is 26.9 Å². The number of carbonyl (C=O) groups excluding carboxylic acids is 3. The van der Waals surface area contributed by atoms with Crippen LogP contribution in [0.25, 0.3) is 0 Å². The van der Waals surface area contributed by atoms with E-state index in [4.69, 9.17) is 10.5 Å². The van der Waals surface area contributed by atoms with E-state index in [1.165, 1.54) is 12.1 Å². The van der Waals surface area contributed by atoms with Crippen molar-refractivity contribution in [3.05, 3.63) is 35.1 Å². The number of halogens is 1. The number of ether oxygens (including phenoxy) is 1. The van der Waals surface area contributed by atoms with Gasteiger partial charge in [-0.05, 0) is 30.5 Å². The summed E-state index contributed by atoms with van der Waals surface area (Å²) in [5, 5.41) is 1.85. The van der Waals surface area contributed by atoms with Gasteiger partial charge in [0, 0.05) is 0 Å². The molecule has 6 nitrogen and oxygen atoms in total. The fourth-order valence-electron chi connectivity index (χ4n) is 1.59. The third-order valence-corrected chi connectivity index (χ3v) is 2.75. The smallest absolute Gasteiger partial charge is 0.339 e. The van der Waals surface area contributed by atoms with Gasteiger partial charge in [0.15, 0.2) is 6.10 Å². The van der Waals surface area contributed by atoms with Gasteiger partial charge in [-0.25, -0.2) is 14.0 Å². The number of esters is 1. The number of aryl methyl sites for hydroxylation is 1. The first-order chi connectivity index (χ1) is 9.72. The van der Waals surface area contributed by atoms with E-state index < -0.39 is 29.8 Å². The lowest BCUT2D eigenvalue weighted by Gasteiger charge is -2.19. The summed E-state index contributed by atoms with van der Waals surface area (Å²) in [4.78, 5) is 34.3. The molecule has 0 aromatic heterocycles. The van der Waals surface area contributed by atoms with Crippen molar-refractivity contribution in [1.82, 2.24) is 5.32 Å². The van der Waals surface area contributed by atoms with Crippen LogP contribution in [0.4, 0.5) is 9.18 Å². The molecule has 1 rings (SSSR count). The third-order valence-electron chi connectivity index (χ3n) is 2.75. The summed E-state index contributed by atoms with van der Waals surface area (Å²) >= 11 is 0. The van der Waals surface area contributed by atoms with E-state index in [2.05, 4.69) is 0 Å².